The summed E-state index contributed by atoms with van der Waals surface area (Å²) in [5, 5.41) is 2.81. The predicted molar refractivity (Wildman–Crippen MR) is 103 cm³/mol. The van der Waals surface area contributed by atoms with Gasteiger partial charge in [-0.25, -0.2) is 4.39 Å². The molecule has 6 heteroatoms. The van der Waals surface area contributed by atoms with E-state index in [0.29, 0.717) is 11.3 Å². The number of hydrogen-bond donors (Lipinski definition) is 1. The molecule has 148 valence electrons. The van der Waals surface area contributed by atoms with E-state index in [1.165, 1.54) is 29.3 Å². The molecule has 0 aliphatic heterocycles. The molecule has 29 heavy (non-hydrogen) atoms. The van der Waals surface area contributed by atoms with Gasteiger partial charge in [-0.2, -0.15) is 13.2 Å². The largest absolute Gasteiger partial charge is 0.416 e. The van der Waals surface area contributed by atoms with Gasteiger partial charge in [0, 0.05) is 11.3 Å². The van der Waals surface area contributed by atoms with Crippen molar-refractivity contribution in [3.05, 3.63) is 88.7 Å². The smallest absolute Gasteiger partial charge is 0.322 e. The molecule has 3 aromatic carbocycles. The number of aryl methyl sites for hydroxylation is 2. The molecule has 3 aromatic rings. The number of anilines is 1. The van der Waals surface area contributed by atoms with Gasteiger partial charge in [0.25, 0.3) is 5.91 Å². The average molecular weight is 399 g/mol. The summed E-state index contributed by atoms with van der Waals surface area (Å²) in [5.74, 6) is -1.02. The maximum Gasteiger partial charge on any atom is 0.416 e. The normalized spacial score (nSPS) is 13.2. The second-order valence-electron chi connectivity index (χ2n) is 7.06. The Bertz CT molecular complexity index is 1070. The highest BCUT2D eigenvalue weighted by Crippen LogP contribution is 2.32. The fourth-order valence-corrected chi connectivity index (χ4v) is 3.64. The van der Waals surface area contributed by atoms with Crippen molar-refractivity contribution in [3.8, 4) is 11.1 Å². The van der Waals surface area contributed by atoms with Crippen LogP contribution in [-0.4, -0.2) is 5.91 Å². The molecule has 2 nitrogen and oxygen atoms in total. The second-order valence-corrected chi connectivity index (χ2v) is 7.06. The van der Waals surface area contributed by atoms with E-state index in [9.17, 15) is 22.4 Å². The predicted octanol–water partition coefficient (Wildman–Crippen LogP) is 6.25. The Kier molecular flexibility index (Phi) is 4.86. The van der Waals surface area contributed by atoms with Crippen LogP contribution in [0.2, 0.25) is 0 Å². The number of fused-ring (bicyclic) bond motifs is 1. The Balaban J connectivity index is 1.65. The molecule has 1 aliphatic rings. The molecule has 0 atom stereocenters. The number of nitrogens with one attached hydrogen (secondary N) is 1. The summed E-state index contributed by atoms with van der Waals surface area (Å²) in [7, 11) is 0. The molecule has 0 saturated heterocycles. The van der Waals surface area contributed by atoms with Crippen molar-refractivity contribution < 1.29 is 22.4 Å². The lowest BCUT2D eigenvalue weighted by Gasteiger charge is -2.13. The Hall–Kier alpha value is -3.15. The zero-order chi connectivity index (χ0) is 20.6. The molecule has 0 aromatic heterocycles. The Morgan fingerprint density at radius 2 is 1.59 bits per heavy atom. The average Bonchev–Trinajstić information content (AvgIpc) is 3.15. The molecule has 1 N–H and O–H groups in total. The van der Waals surface area contributed by atoms with E-state index in [2.05, 4.69) is 5.32 Å². The summed E-state index contributed by atoms with van der Waals surface area (Å²) in [6.07, 6.45) is -1.39. The van der Waals surface area contributed by atoms with Crippen LogP contribution < -0.4 is 5.32 Å². The van der Waals surface area contributed by atoms with Crippen molar-refractivity contribution in [1.82, 2.24) is 0 Å². The molecule has 0 radical (unpaired) electrons. The lowest BCUT2D eigenvalue weighted by atomic mass is 9.97. The van der Waals surface area contributed by atoms with Crippen molar-refractivity contribution in [1.29, 1.82) is 0 Å². The van der Waals surface area contributed by atoms with Crippen LogP contribution >= 0.6 is 0 Å². The van der Waals surface area contributed by atoms with Crippen LogP contribution in [0.15, 0.2) is 60.7 Å². The van der Waals surface area contributed by atoms with Gasteiger partial charge >= 0.3 is 6.18 Å². The molecule has 0 heterocycles. The summed E-state index contributed by atoms with van der Waals surface area (Å²) in [6.45, 7) is 0. The van der Waals surface area contributed by atoms with Crippen LogP contribution in [0.5, 0.6) is 0 Å². The first-order chi connectivity index (χ1) is 13.8. The minimum atomic E-state index is -4.46. The second kappa shape index (κ2) is 7.35. The minimum absolute atomic E-state index is 0.187. The maximum absolute atomic E-state index is 13.8. The first-order valence-electron chi connectivity index (χ1n) is 9.21. The topological polar surface area (TPSA) is 29.1 Å². The van der Waals surface area contributed by atoms with Gasteiger partial charge in [0.05, 0.1) is 5.56 Å². The van der Waals surface area contributed by atoms with Crippen LogP contribution in [0.4, 0.5) is 23.2 Å². The van der Waals surface area contributed by atoms with Crippen molar-refractivity contribution in [2.75, 3.05) is 5.32 Å². The zero-order valence-corrected chi connectivity index (χ0v) is 15.3. The van der Waals surface area contributed by atoms with Gasteiger partial charge in [0.15, 0.2) is 0 Å². The van der Waals surface area contributed by atoms with Crippen molar-refractivity contribution >= 4 is 11.6 Å². The van der Waals surface area contributed by atoms with Crippen molar-refractivity contribution in [3.63, 3.8) is 0 Å². The molecule has 0 saturated carbocycles. The third kappa shape index (κ3) is 4.01. The van der Waals surface area contributed by atoms with Gasteiger partial charge < -0.3 is 5.32 Å². The monoisotopic (exact) mass is 399 g/mol. The molecule has 1 aliphatic carbocycles. The highest BCUT2D eigenvalue weighted by atomic mass is 19.4. The molecule has 4 rings (SSSR count). The fraction of sp³-hybridized carbons (Fsp3) is 0.174. The Morgan fingerprint density at radius 3 is 2.31 bits per heavy atom. The SMILES string of the molecule is O=C(Nc1ccc2c(c1)CCC2)c1ccc(F)cc1-c1ccc(C(F)(F)F)cc1. The Labute approximate surface area is 165 Å². The number of alkyl halides is 3. The molecule has 0 spiro atoms. The highest BCUT2D eigenvalue weighted by molar-refractivity contribution is 6.08. The van der Waals surface area contributed by atoms with Gasteiger partial charge in [-0.1, -0.05) is 18.2 Å². The molecule has 0 fully saturated rings. The van der Waals surface area contributed by atoms with Crippen molar-refractivity contribution in [2.45, 2.75) is 25.4 Å². The van der Waals surface area contributed by atoms with E-state index in [1.807, 2.05) is 18.2 Å². The maximum atomic E-state index is 13.8. The van der Waals surface area contributed by atoms with Crippen LogP contribution in [0, 0.1) is 5.82 Å². The summed E-state index contributed by atoms with van der Waals surface area (Å²) < 4.78 is 52.2. The highest BCUT2D eigenvalue weighted by Gasteiger charge is 2.30. The molecule has 0 unspecified atom stereocenters. The third-order valence-electron chi connectivity index (χ3n) is 5.11. The summed E-state index contributed by atoms with van der Waals surface area (Å²) >= 11 is 0. The number of carbonyl (C=O) groups is 1. The molecular formula is C23H17F4NO. The number of amides is 1. The van der Waals surface area contributed by atoms with Crippen LogP contribution in [0.3, 0.4) is 0 Å². The zero-order valence-electron chi connectivity index (χ0n) is 15.3. The van der Waals surface area contributed by atoms with Crippen LogP contribution in [0.1, 0.15) is 33.5 Å². The van der Waals surface area contributed by atoms with E-state index in [-0.39, 0.29) is 11.1 Å². The number of hydrogen-bond acceptors (Lipinski definition) is 1. The van der Waals surface area contributed by atoms with Gasteiger partial charge in [-0.05, 0) is 84.0 Å². The molecule has 1 amide bonds. The van der Waals surface area contributed by atoms with Gasteiger partial charge in [0.1, 0.15) is 5.82 Å². The quantitative estimate of drug-likeness (QED) is 0.518. The number of carbonyl (C=O) groups excluding carboxylic acids is 1. The van der Waals surface area contributed by atoms with Crippen LogP contribution in [-0.2, 0) is 19.0 Å². The van der Waals surface area contributed by atoms with Gasteiger partial charge in [-0.15, -0.1) is 0 Å². The lowest BCUT2D eigenvalue weighted by Crippen LogP contribution is -2.13. The van der Waals surface area contributed by atoms with E-state index in [4.69, 9.17) is 0 Å². The summed E-state index contributed by atoms with van der Waals surface area (Å²) in [4.78, 5) is 12.8. The molecular weight excluding hydrogens is 382 g/mol. The van der Waals surface area contributed by atoms with E-state index >= 15 is 0 Å². The standard InChI is InChI=1S/C23H17F4NO/c24-18-9-11-20(21(13-18)15-4-7-17(8-5-15)23(25,26)27)22(29)28-19-10-6-14-2-1-3-16(14)12-19/h4-13H,1-3H2,(H,28,29). The summed E-state index contributed by atoms with van der Waals surface area (Å²) in [5.41, 5.74) is 3.06. The number of benzene rings is 3. The number of rotatable bonds is 3. The summed E-state index contributed by atoms with van der Waals surface area (Å²) in [6, 6.07) is 13.7. The van der Waals surface area contributed by atoms with E-state index in [1.54, 1.807) is 0 Å². The molecule has 0 bridgehead atoms. The number of halogens is 4. The van der Waals surface area contributed by atoms with E-state index in [0.717, 1.165) is 43.5 Å². The van der Waals surface area contributed by atoms with Crippen LogP contribution in [0.25, 0.3) is 11.1 Å². The van der Waals surface area contributed by atoms with Crippen molar-refractivity contribution in [2.24, 2.45) is 0 Å². The van der Waals surface area contributed by atoms with Gasteiger partial charge in [0.2, 0.25) is 0 Å². The third-order valence-corrected chi connectivity index (χ3v) is 5.11. The Morgan fingerprint density at radius 1 is 0.862 bits per heavy atom. The van der Waals surface area contributed by atoms with Gasteiger partial charge in [-0.3, -0.25) is 4.79 Å². The lowest BCUT2D eigenvalue weighted by molar-refractivity contribution is -0.137. The first-order valence-corrected chi connectivity index (χ1v) is 9.21. The van der Waals surface area contributed by atoms with E-state index < -0.39 is 23.5 Å². The minimum Gasteiger partial charge on any atom is -0.322 e. The fourth-order valence-electron chi connectivity index (χ4n) is 3.64. The first kappa shape index (κ1) is 19.2.